The molecule has 0 bridgehead atoms. The molecular weight excluding hydrogens is 451 g/mol. The van der Waals surface area contributed by atoms with E-state index < -0.39 is 27.0 Å². The predicted octanol–water partition coefficient (Wildman–Crippen LogP) is 4.08. The summed E-state index contributed by atoms with van der Waals surface area (Å²) >= 11 is 12.4. The van der Waals surface area contributed by atoms with Crippen molar-refractivity contribution < 1.29 is 27.9 Å². The number of ether oxygens (including phenoxy) is 1. The molecule has 0 aromatic heterocycles. The van der Waals surface area contributed by atoms with Crippen LogP contribution in [0.3, 0.4) is 0 Å². The monoisotopic (exact) mass is 462 g/mol. The minimum Gasteiger partial charge on any atom is -0.480 e. The van der Waals surface area contributed by atoms with Crippen LogP contribution in [-0.4, -0.2) is 31.9 Å². The number of halogens is 3. The third-order valence-electron chi connectivity index (χ3n) is 4.65. The van der Waals surface area contributed by atoms with Crippen molar-refractivity contribution in [1.29, 1.82) is 0 Å². The van der Waals surface area contributed by atoms with Crippen molar-refractivity contribution in [2.24, 2.45) is 0 Å². The number of carboxylic acids is 1. The van der Waals surface area contributed by atoms with Gasteiger partial charge in [0, 0.05) is 16.2 Å². The highest BCUT2D eigenvalue weighted by molar-refractivity contribution is 8.13. The molecule has 0 radical (unpaired) electrons. The van der Waals surface area contributed by atoms with Gasteiger partial charge in [-0.25, -0.2) is 13.2 Å². The van der Waals surface area contributed by atoms with Gasteiger partial charge in [0.05, 0.1) is 15.3 Å². The second-order valence-electron chi connectivity index (χ2n) is 6.52. The predicted molar refractivity (Wildman–Crippen MR) is 104 cm³/mol. The maximum atomic E-state index is 13.1. The molecule has 148 valence electrons. The molecule has 0 fully saturated rings. The van der Waals surface area contributed by atoms with Crippen molar-refractivity contribution in [3.63, 3.8) is 0 Å². The first kappa shape index (κ1) is 20.9. The molecule has 0 saturated heterocycles. The van der Waals surface area contributed by atoms with Gasteiger partial charge in [0.25, 0.3) is 9.05 Å². The van der Waals surface area contributed by atoms with Gasteiger partial charge in [-0.15, -0.1) is 0 Å². The Morgan fingerprint density at radius 1 is 1.21 bits per heavy atom. The van der Waals surface area contributed by atoms with Gasteiger partial charge in [-0.05, 0) is 42.7 Å². The van der Waals surface area contributed by atoms with Gasteiger partial charge in [0.2, 0.25) is 0 Å². The standard InChI is InChI=1S/C18H13Cl3O6S/c1-18(10-2-4-11(5-3-10)28(21,25)26)7-9-6-12(27-8-13(22)23)15(19)16(20)14(9)17(18)24/h2-6H,7-8H2,1H3,(H,22,23). The number of aliphatic carboxylic acids is 1. The van der Waals surface area contributed by atoms with E-state index in [-0.39, 0.29) is 38.5 Å². The van der Waals surface area contributed by atoms with Gasteiger partial charge in [-0.2, -0.15) is 0 Å². The third-order valence-corrected chi connectivity index (χ3v) is 6.87. The average Bonchev–Trinajstić information content (AvgIpc) is 2.88. The van der Waals surface area contributed by atoms with E-state index in [0.717, 1.165) is 0 Å². The van der Waals surface area contributed by atoms with Crippen LogP contribution in [0.2, 0.25) is 10.0 Å². The number of ketones is 1. The number of carbonyl (C=O) groups excluding carboxylic acids is 1. The molecule has 0 saturated carbocycles. The van der Waals surface area contributed by atoms with Gasteiger partial charge in [0.15, 0.2) is 12.4 Å². The molecule has 3 rings (SSSR count). The molecular formula is C18H13Cl3O6S. The van der Waals surface area contributed by atoms with Crippen LogP contribution in [0.25, 0.3) is 0 Å². The van der Waals surface area contributed by atoms with Crippen molar-refractivity contribution in [3.05, 3.63) is 57.1 Å². The number of Topliss-reactive ketones (excluding diaryl/α,β-unsaturated/α-hetero) is 1. The third kappa shape index (κ3) is 3.59. The lowest BCUT2D eigenvalue weighted by Crippen LogP contribution is -2.29. The molecule has 1 aliphatic carbocycles. The summed E-state index contributed by atoms with van der Waals surface area (Å²) in [6, 6.07) is 7.21. The van der Waals surface area contributed by atoms with Gasteiger partial charge in [0.1, 0.15) is 10.8 Å². The molecule has 0 aliphatic heterocycles. The lowest BCUT2D eigenvalue weighted by molar-refractivity contribution is -0.139. The van der Waals surface area contributed by atoms with Crippen molar-refractivity contribution in [3.8, 4) is 5.75 Å². The van der Waals surface area contributed by atoms with E-state index >= 15 is 0 Å². The number of benzene rings is 2. The molecule has 6 nitrogen and oxygen atoms in total. The Balaban J connectivity index is 2.03. The summed E-state index contributed by atoms with van der Waals surface area (Å²) in [5.41, 5.74) is 0.384. The summed E-state index contributed by atoms with van der Waals surface area (Å²) < 4.78 is 28.0. The fourth-order valence-corrected chi connectivity index (χ4v) is 4.51. The van der Waals surface area contributed by atoms with Gasteiger partial charge in [-0.3, -0.25) is 4.79 Å². The topological polar surface area (TPSA) is 97.7 Å². The molecule has 1 N–H and O–H groups in total. The van der Waals surface area contributed by atoms with Gasteiger partial charge < -0.3 is 9.84 Å². The first-order valence-corrected chi connectivity index (χ1v) is 11.0. The molecule has 0 amide bonds. The highest BCUT2D eigenvalue weighted by Crippen LogP contribution is 2.47. The van der Waals surface area contributed by atoms with Crippen LogP contribution in [0.1, 0.15) is 28.4 Å². The summed E-state index contributed by atoms with van der Waals surface area (Å²) in [5.74, 6) is -1.38. The Labute approximate surface area is 175 Å². The largest absolute Gasteiger partial charge is 0.480 e. The number of carbonyl (C=O) groups is 2. The van der Waals surface area contributed by atoms with Crippen LogP contribution in [-0.2, 0) is 25.7 Å². The Hall–Kier alpha value is -1.80. The fraction of sp³-hybridized carbons (Fsp3) is 0.222. The van der Waals surface area contributed by atoms with E-state index in [1.165, 1.54) is 30.3 Å². The Bertz CT molecular complexity index is 1100. The molecule has 0 heterocycles. The summed E-state index contributed by atoms with van der Waals surface area (Å²) in [7, 11) is 1.45. The highest BCUT2D eigenvalue weighted by Gasteiger charge is 2.45. The minimum atomic E-state index is -3.88. The number of carboxylic acid groups (broad SMARTS) is 1. The van der Waals surface area contributed by atoms with Crippen molar-refractivity contribution in [2.75, 3.05) is 6.61 Å². The normalized spacial score (nSPS) is 18.8. The first-order chi connectivity index (χ1) is 12.9. The van der Waals surface area contributed by atoms with Crippen molar-refractivity contribution in [1.82, 2.24) is 0 Å². The summed E-state index contributed by atoms with van der Waals surface area (Å²) in [6.07, 6.45) is 0.258. The van der Waals surface area contributed by atoms with Gasteiger partial charge >= 0.3 is 5.97 Å². The van der Waals surface area contributed by atoms with Crippen LogP contribution < -0.4 is 4.74 Å². The fourth-order valence-electron chi connectivity index (χ4n) is 3.24. The maximum Gasteiger partial charge on any atom is 0.341 e. The molecule has 28 heavy (non-hydrogen) atoms. The van der Waals surface area contributed by atoms with Crippen LogP contribution in [0, 0.1) is 0 Å². The van der Waals surface area contributed by atoms with Crippen molar-refractivity contribution >= 4 is 54.7 Å². The molecule has 1 aliphatic rings. The molecule has 1 atom stereocenters. The van der Waals surface area contributed by atoms with Crippen LogP contribution in [0.4, 0.5) is 0 Å². The van der Waals surface area contributed by atoms with E-state index in [1.54, 1.807) is 6.92 Å². The van der Waals surface area contributed by atoms with E-state index in [0.29, 0.717) is 11.1 Å². The van der Waals surface area contributed by atoms with Crippen LogP contribution >= 0.6 is 33.9 Å². The quantitative estimate of drug-likeness (QED) is 0.671. The van der Waals surface area contributed by atoms with E-state index in [9.17, 15) is 18.0 Å². The summed E-state index contributed by atoms with van der Waals surface area (Å²) in [6.45, 7) is 1.11. The smallest absolute Gasteiger partial charge is 0.341 e. The van der Waals surface area contributed by atoms with Gasteiger partial charge in [-0.1, -0.05) is 35.3 Å². The molecule has 10 heteroatoms. The second kappa shape index (κ2) is 7.22. The highest BCUT2D eigenvalue weighted by atomic mass is 35.7. The number of hydrogen-bond donors (Lipinski definition) is 1. The molecule has 1 unspecified atom stereocenters. The Morgan fingerprint density at radius 2 is 1.82 bits per heavy atom. The Morgan fingerprint density at radius 3 is 2.36 bits per heavy atom. The molecule has 2 aromatic carbocycles. The van der Waals surface area contributed by atoms with Crippen molar-refractivity contribution in [2.45, 2.75) is 23.7 Å². The number of hydrogen-bond acceptors (Lipinski definition) is 5. The molecule has 0 spiro atoms. The zero-order valence-electron chi connectivity index (χ0n) is 14.3. The lowest BCUT2D eigenvalue weighted by atomic mass is 9.79. The van der Waals surface area contributed by atoms with Crippen LogP contribution in [0.15, 0.2) is 35.2 Å². The lowest BCUT2D eigenvalue weighted by Gasteiger charge is -2.22. The van der Waals surface area contributed by atoms with E-state index in [4.69, 9.17) is 43.7 Å². The van der Waals surface area contributed by atoms with E-state index in [2.05, 4.69) is 0 Å². The SMILES string of the molecule is CC1(c2ccc(S(=O)(=O)Cl)cc2)Cc2cc(OCC(=O)O)c(Cl)c(Cl)c2C1=O. The van der Waals surface area contributed by atoms with Crippen LogP contribution in [0.5, 0.6) is 5.75 Å². The first-order valence-electron chi connectivity index (χ1n) is 7.90. The van der Waals surface area contributed by atoms with E-state index in [1.807, 2.05) is 0 Å². The second-order valence-corrected chi connectivity index (χ2v) is 9.84. The zero-order valence-corrected chi connectivity index (χ0v) is 17.4. The maximum absolute atomic E-state index is 13.1. The zero-order chi connectivity index (χ0) is 20.9. The number of rotatable bonds is 5. The average molecular weight is 464 g/mol. The number of fused-ring (bicyclic) bond motifs is 1. The molecule has 2 aromatic rings. The summed E-state index contributed by atoms with van der Waals surface area (Å²) in [5, 5.41) is 8.73. The Kier molecular flexibility index (Phi) is 5.40. The summed E-state index contributed by atoms with van der Waals surface area (Å²) in [4.78, 5) is 23.8. The minimum absolute atomic E-state index is 0.00626.